The van der Waals surface area contributed by atoms with Crippen molar-refractivity contribution in [3.05, 3.63) is 64.2 Å². The van der Waals surface area contributed by atoms with Gasteiger partial charge in [0.15, 0.2) is 0 Å². The van der Waals surface area contributed by atoms with Crippen LogP contribution in [0.4, 0.5) is 0 Å². The van der Waals surface area contributed by atoms with Crippen LogP contribution in [0.25, 0.3) is 37.2 Å². The zero-order chi connectivity index (χ0) is 26.6. The van der Waals surface area contributed by atoms with Gasteiger partial charge in [0, 0.05) is 31.0 Å². The van der Waals surface area contributed by atoms with Gasteiger partial charge in [0.1, 0.15) is 21.3 Å². The van der Waals surface area contributed by atoms with E-state index in [1.54, 1.807) is 34.8 Å². The van der Waals surface area contributed by atoms with Gasteiger partial charge in [-0.05, 0) is 57.0 Å². The summed E-state index contributed by atoms with van der Waals surface area (Å²) in [5, 5.41) is 17.1. The highest BCUT2D eigenvalue weighted by molar-refractivity contribution is 7.21. The first-order chi connectivity index (χ1) is 18.2. The van der Waals surface area contributed by atoms with Crippen molar-refractivity contribution in [2.75, 3.05) is 19.6 Å². The van der Waals surface area contributed by atoms with Crippen LogP contribution in [0.15, 0.2) is 47.5 Å². The number of hydrogen-bond acceptors (Lipinski definition) is 7. The number of nitrogens with zero attached hydrogens (tertiary/aromatic N) is 4. The van der Waals surface area contributed by atoms with E-state index in [0.717, 1.165) is 30.0 Å². The van der Waals surface area contributed by atoms with Gasteiger partial charge in [0.25, 0.3) is 11.5 Å². The lowest BCUT2D eigenvalue weighted by molar-refractivity contribution is 0.0696. The molecule has 4 aromatic heterocycles. The van der Waals surface area contributed by atoms with Crippen LogP contribution in [-0.2, 0) is 0 Å². The molecule has 0 atom stereocenters. The Labute approximate surface area is 220 Å². The second kappa shape index (κ2) is 9.03. The molecule has 0 aliphatic carbocycles. The van der Waals surface area contributed by atoms with Crippen molar-refractivity contribution in [2.24, 2.45) is 0 Å². The predicted octanol–water partition coefficient (Wildman–Crippen LogP) is 3.75. The summed E-state index contributed by atoms with van der Waals surface area (Å²) in [5.74, 6) is -1.22. The number of carboxylic acids is 1. The highest BCUT2D eigenvalue weighted by Gasteiger charge is 2.31. The molecule has 194 valence electrons. The molecule has 0 radical (unpaired) electrons. The minimum Gasteiger partial charge on any atom is -0.478 e. The number of carbonyl (C=O) groups is 2. The van der Waals surface area contributed by atoms with Crippen LogP contribution in [0.3, 0.4) is 0 Å². The molecule has 11 heteroatoms. The van der Waals surface area contributed by atoms with Gasteiger partial charge in [-0.3, -0.25) is 19.5 Å². The van der Waals surface area contributed by atoms with Gasteiger partial charge in [-0.1, -0.05) is 12.1 Å². The van der Waals surface area contributed by atoms with E-state index < -0.39 is 5.97 Å². The Balaban J connectivity index is 1.27. The lowest BCUT2D eigenvalue weighted by Crippen LogP contribution is -2.43. The monoisotopic (exact) mass is 530 g/mol. The number of carboxylic acid groups (broad SMARTS) is 1. The summed E-state index contributed by atoms with van der Waals surface area (Å²) in [4.78, 5) is 48.3. The van der Waals surface area contributed by atoms with E-state index in [1.807, 2.05) is 6.20 Å². The summed E-state index contributed by atoms with van der Waals surface area (Å²) in [5.41, 5.74) is 2.69. The third kappa shape index (κ3) is 4.13. The summed E-state index contributed by atoms with van der Waals surface area (Å²) < 4.78 is 1.65. The summed E-state index contributed by atoms with van der Waals surface area (Å²) >= 11 is 1.39. The molecular formula is C27H26N6O4S. The minimum atomic E-state index is -0.985. The number of H-pyrrole nitrogens is 1. The Hall–Kier alpha value is -4.09. The Morgan fingerprint density at radius 3 is 2.68 bits per heavy atom. The van der Waals surface area contributed by atoms with Gasteiger partial charge in [0.2, 0.25) is 0 Å². The average Bonchev–Trinajstić information content (AvgIpc) is 3.56. The molecule has 1 aromatic carbocycles. The number of nitrogens with one attached hydrogen (secondary N) is 2. The van der Waals surface area contributed by atoms with Gasteiger partial charge in [-0.25, -0.2) is 9.31 Å². The topological polar surface area (TPSA) is 133 Å². The van der Waals surface area contributed by atoms with Crippen LogP contribution < -0.4 is 10.9 Å². The Morgan fingerprint density at radius 2 is 1.97 bits per heavy atom. The normalized spacial score (nSPS) is 15.5. The lowest BCUT2D eigenvalue weighted by atomic mass is 10.0. The third-order valence-electron chi connectivity index (χ3n) is 7.32. The number of amides is 1. The first-order valence-electron chi connectivity index (χ1n) is 12.4. The molecule has 1 aliphatic rings. The number of benzene rings is 1. The molecule has 38 heavy (non-hydrogen) atoms. The van der Waals surface area contributed by atoms with E-state index in [-0.39, 0.29) is 22.6 Å². The predicted molar refractivity (Wildman–Crippen MR) is 146 cm³/mol. The van der Waals surface area contributed by atoms with Crippen molar-refractivity contribution in [1.82, 2.24) is 29.8 Å². The van der Waals surface area contributed by atoms with Crippen molar-refractivity contribution >= 4 is 50.0 Å². The lowest BCUT2D eigenvalue weighted by Gasteiger charge is -2.31. The number of aromatic carboxylic acids is 1. The van der Waals surface area contributed by atoms with Crippen molar-refractivity contribution < 1.29 is 14.7 Å². The molecule has 10 nitrogen and oxygen atoms in total. The first-order valence-corrected chi connectivity index (χ1v) is 13.2. The molecule has 1 aliphatic heterocycles. The molecule has 1 saturated heterocycles. The smallest absolute Gasteiger partial charge is 0.335 e. The number of rotatable bonds is 6. The number of thiazole rings is 1. The number of aromatic nitrogens is 4. The molecule has 0 unspecified atom stereocenters. The maximum absolute atomic E-state index is 13.1. The number of fused-ring (bicyclic) bond motifs is 5. The summed E-state index contributed by atoms with van der Waals surface area (Å²) in [6.07, 6.45) is 5.65. The second-order valence-corrected chi connectivity index (χ2v) is 11.2. The van der Waals surface area contributed by atoms with Gasteiger partial charge < -0.3 is 15.4 Å². The zero-order valence-electron chi connectivity index (χ0n) is 20.9. The van der Waals surface area contributed by atoms with Gasteiger partial charge in [-0.15, -0.1) is 11.3 Å². The molecule has 0 spiro atoms. The minimum absolute atomic E-state index is 0.157. The standard InChI is InChI=1S/C27H26N6O4S/c1-27(2)8-3-10-32(27)11-9-28-23(34)17-12-18-21(29-13-17)22-20(24(35)30-18)25-33(31-22)14-19(38-25)15-4-6-16(7-5-15)26(36)37/h4-7,12-14H,3,8-11H2,1-2H3,(H,28,34)(H,30,35)(H,36,37). The number of pyridine rings is 2. The van der Waals surface area contributed by atoms with Crippen molar-refractivity contribution in [1.29, 1.82) is 0 Å². The fraction of sp³-hybridized carbons (Fsp3) is 0.296. The van der Waals surface area contributed by atoms with Crippen LogP contribution >= 0.6 is 11.3 Å². The molecular weight excluding hydrogens is 504 g/mol. The fourth-order valence-corrected chi connectivity index (χ4v) is 6.26. The summed E-state index contributed by atoms with van der Waals surface area (Å²) in [6, 6.07) is 8.20. The molecule has 1 fully saturated rings. The summed E-state index contributed by atoms with van der Waals surface area (Å²) in [7, 11) is 0. The van der Waals surface area contributed by atoms with Crippen molar-refractivity contribution in [2.45, 2.75) is 32.2 Å². The maximum atomic E-state index is 13.1. The zero-order valence-corrected chi connectivity index (χ0v) is 21.8. The molecule has 5 aromatic rings. The van der Waals surface area contributed by atoms with Crippen LogP contribution in [0.5, 0.6) is 0 Å². The second-order valence-electron chi connectivity index (χ2n) is 10.2. The van der Waals surface area contributed by atoms with E-state index in [1.165, 1.54) is 24.0 Å². The van der Waals surface area contributed by atoms with E-state index in [2.05, 4.69) is 39.1 Å². The number of carbonyl (C=O) groups excluding carboxylic acids is 1. The number of likely N-dealkylation sites (tertiary alicyclic amines) is 1. The van der Waals surface area contributed by atoms with Crippen LogP contribution in [0.1, 0.15) is 47.4 Å². The van der Waals surface area contributed by atoms with Gasteiger partial charge >= 0.3 is 5.97 Å². The van der Waals surface area contributed by atoms with Crippen LogP contribution in [0, 0.1) is 0 Å². The van der Waals surface area contributed by atoms with Crippen LogP contribution in [-0.4, -0.2) is 66.6 Å². The van der Waals surface area contributed by atoms with Crippen LogP contribution in [0.2, 0.25) is 0 Å². The molecule has 6 rings (SSSR count). The average molecular weight is 531 g/mol. The van der Waals surface area contributed by atoms with E-state index >= 15 is 0 Å². The molecule has 3 N–H and O–H groups in total. The quantitative estimate of drug-likeness (QED) is 0.304. The molecule has 0 bridgehead atoms. The molecule has 1 amide bonds. The molecule has 5 heterocycles. The Morgan fingerprint density at radius 1 is 1.18 bits per heavy atom. The van der Waals surface area contributed by atoms with Crippen molar-refractivity contribution in [3.63, 3.8) is 0 Å². The Kier molecular flexibility index (Phi) is 5.77. The van der Waals surface area contributed by atoms with E-state index in [9.17, 15) is 14.4 Å². The largest absolute Gasteiger partial charge is 0.478 e. The fourth-order valence-electron chi connectivity index (χ4n) is 5.17. The number of hydrogen-bond donors (Lipinski definition) is 3. The third-order valence-corrected chi connectivity index (χ3v) is 8.46. The number of aromatic amines is 1. The first kappa shape index (κ1) is 24.3. The Bertz CT molecular complexity index is 1780. The summed E-state index contributed by atoms with van der Waals surface area (Å²) in [6.45, 7) is 6.82. The molecule has 0 saturated carbocycles. The maximum Gasteiger partial charge on any atom is 0.335 e. The van der Waals surface area contributed by atoms with Crippen molar-refractivity contribution in [3.8, 4) is 10.4 Å². The van der Waals surface area contributed by atoms with Gasteiger partial charge in [-0.2, -0.15) is 5.10 Å². The highest BCUT2D eigenvalue weighted by Crippen LogP contribution is 2.33. The van der Waals surface area contributed by atoms with E-state index in [0.29, 0.717) is 38.9 Å². The highest BCUT2D eigenvalue weighted by atomic mass is 32.1. The van der Waals surface area contributed by atoms with E-state index in [4.69, 9.17) is 5.11 Å². The van der Waals surface area contributed by atoms with Gasteiger partial charge in [0.05, 0.1) is 21.5 Å². The SMILES string of the molecule is CC1(C)CCCN1CCNC(=O)c1cnc2c(c1)[nH]c(=O)c1c2nn2cc(-c3ccc(C(=O)O)cc3)sc12.